The van der Waals surface area contributed by atoms with Crippen LogP contribution < -0.4 is 5.43 Å². The number of para-hydroxylation sites is 1. The molecule has 0 amide bonds. The summed E-state index contributed by atoms with van der Waals surface area (Å²) in [5.74, 6) is 0.828. The molecule has 0 aliphatic carbocycles. The van der Waals surface area contributed by atoms with E-state index in [-0.39, 0.29) is 5.43 Å². The van der Waals surface area contributed by atoms with E-state index in [2.05, 4.69) is 4.98 Å². The first-order valence-corrected chi connectivity index (χ1v) is 8.76. The summed E-state index contributed by atoms with van der Waals surface area (Å²) in [5, 5.41) is 1.43. The molecule has 1 aromatic carbocycles. The molecular weight excluding hydrogens is 332 g/mol. The predicted octanol–water partition coefficient (Wildman–Crippen LogP) is 4.75. The third-order valence-electron chi connectivity index (χ3n) is 4.01. The molecule has 0 fully saturated rings. The van der Waals surface area contributed by atoms with E-state index < -0.39 is 0 Å². The summed E-state index contributed by atoms with van der Waals surface area (Å²) >= 11 is 1.51. The summed E-state index contributed by atoms with van der Waals surface area (Å²) in [6, 6.07) is 17.2. The van der Waals surface area contributed by atoms with Crippen LogP contribution in [0.2, 0.25) is 0 Å². The average molecular weight is 348 g/mol. The number of furan rings is 1. The normalized spacial score (nSPS) is 11.1. The molecule has 0 aliphatic rings. The van der Waals surface area contributed by atoms with Crippen LogP contribution in [0.25, 0.3) is 16.7 Å². The Bertz CT molecular complexity index is 1110. The fourth-order valence-electron chi connectivity index (χ4n) is 2.76. The van der Waals surface area contributed by atoms with Gasteiger partial charge in [0.05, 0.1) is 21.6 Å². The highest BCUT2D eigenvalue weighted by molar-refractivity contribution is 7.99. The molecule has 124 valence electrons. The summed E-state index contributed by atoms with van der Waals surface area (Å²) < 4.78 is 7.42. The van der Waals surface area contributed by atoms with Crippen molar-refractivity contribution in [3.05, 3.63) is 82.5 Å². The maximum absolute atomic E-state index is 12.6. The van der Waals surface area contributed by atoms with Gasteiger partial charge in [-0.15, -0.1) is 0 Å². The number of benzene rings is 1. The lowest BCUT2D eigenvalue weighted by Crippen LogP contribution is -2.11. The quantitative estimate of drug-likeness (QED) is 0.536. The fourth-order valence-corrected chi connectivity index (χ4v) is 3.75. The van der Waals surface area contributed by atoms with Crippen molar-refractivity contribution in [1.29, 1.82) is 0 Å². The van der Waals surface area contributed by atoms with Gasteiger partial charge >= 0.3 is 0 Å². The molecule has 0 spiro atoms. The van der Waals surface area contributed by atoms with Crippen molar-refractivity contribution in [2.75, 3.05) is 0 Å². The van der Waals surface area contributed by atoms with Gasteiger partial charge in [0.2, 0.25) is 0 Å². The van der Waals surface area contributed by atoms with Gasteiger partial charge in [0.15, 0.2) is 5.43 Å². The van der Waals surface area contributed by atoms with Gasteiger partial charge in [-0.2, -0.15) is 0 Å². The number of nitrogens with zero attached hydrogens (tertiary/aromatic N) is 2. The Kier molecular flexibility index (Phi) is 3.93. The molecule has 0 N–H and O–H groups in total. The highest BCUT2D eigenvalue weighted by Gasteiger charge is 2.15. The van der Waals surface area contributed by atoms with E-state index in [0.717, 1.165) is 27.1 Å². The molecule has 25 heavy (non-hydrogen) atoms. The number of aryl methyl sites for hydroxylation is 2. The minimum absolute atomic E-state index is 0.0293. The average Bonchev–Trinajstić information content (AvgIpc) is 3.00. The molecule has 4 nitrogen and oxygen atoms in total. The smallest absolute Gasteiger partial charge is 0.192 e. The summed E-state index contributed by atoms with van der Waals surface area (Å²) in [5.41, 5.74) is 2.48. The Labute approximate surface area is 149 Å². The molecule has 0 aliphatic heterocycles. The fraction of sp³-hybridized carbons (Fsp3) is 0.100. The van der Waals surface area contributed by atoms with E-state index in [1.807, 2.05) is 66.9 Å². The second-order valence-corrected chi connectivity index (χ2v) is 6.85. The van der Waals surface area contributed by atoms with Crippen LogP contribution in [0, 0.1) is 13.8 Å². The van der Waals surface area contributed by atoms with Crippen LogP contribution in [0.1, 0.15) is 11.5 Å². The van der Waals surface area contributed by atoms with Gasteiger partial charge in [0, 0.05) is 17.4 Å². The van der Waals surface area contributed by atoms with Crippen LogP contribution in [-0.4, -0.2) is 9.55 Å². The lowest BCUT2D eigenvalue weighted by Gasteiger charge is -2.16. The third-order valence-corrected chi connectivity index (χ3v) is 5.16. The minimum atomic E-state index is -0.0293. The molecule has 0 bridgehead atoms. The Balaban J connectivity index is 2.04. The Morgan fingerprint density at radius 1 is 1.04 bits per heavy atom. The van der Waals surface area contributed by atoms with Gasteiger partial charge in [-0.25, -0.2) is 4.98 Å². The molecule has 0 saturated heterocycles. The van der Waals surface area contributed by atoms with E-state index in [0.29, 0.717) is 11.0 Å². The van der Waals surface area contributed by atoms with E-state index in [9.17, 15) is 4.79 Å². The van der Waals surface area contributed by atoms with Gasteiger partial charge in [0.25, 0.3) is 0 Å². The summed E-state index contributed by atoms with van der Waals surface area (Å²) in [4.78, 5) is 18.3. The van der Waals surface area contributed by atoms with Crippen LogP contribution in [-0.2, 0) is 0 Å². The molecule has 0 saturated carbocycles. The number of hydrogen-bond donors (Lipinski definition) is 0. The minimum Gasteiger partial charge on any atom is -0.468 e. The van der Waals surface area contributed by atoms with Crippen LogP contribution in [0.4, 0.5) is 0 Å². The van der Waals surface area contributed by atoms with Crippen LogP contribution in [0.3, 0.4) is 0 Å². The first kappa shape index (κ1) is 15.7. The number of hydrogen-bond acceptors (Lipinski definition) is 4. The standard InChI is InChI=1S/C20H16N2O2S/c1-13-8-9-16-17(23)12-19(25-18-10-11-24-14(18)2)22(20(16)21-13)15-6-4-3-5-7-15/h3-12H,1-2H3. The van der Waals surface area contributed by atoms with Crippen molar-refractivity contribution >= 4 is 22.8 Å². The maximum atomic E-state index is 12.6. The summed E-state index contributed by atoms with van der Waals surface area (Å²) in [7, 11) is 0. The molecule has 0 unspecified atom stereocenters. The molecule has 3 aromatic heterocycles. The zero-order valence-corrected chi connectivity index (χ0v) is 14.7. The number of fused-ring (bicyclic) bond motifs is 1. The van der Waals surface area contributed by atoms with Crippen LogP contribution >= 0.6 is 11.8 Å². The SMILES string of the molecule is Cc1ccc2c(=O)cc(Sc3ccoc3C)n(-c3ccccc3)c2n1. The highest BCUT2D eigenvalue weighted by Crippen LogP contribution is 2.33. The molecule has 5 heteroatoms. The van der Waals surface area contributed by atoms with E-state index in [1.165, 1.54) is 11.8 Å². The van der Waals surface area contributed by atoms with Crippen molar-refractivity contribution < 1.29 is 4.42 Å². The van der Waals surface area contributed by atoms with Gasteiger partial charge < -0.3 is 4.42 Å². The monoisotopic (exact) mass is 348 g/mol. The largest absolute Gasteiger partial charge is 0.468 e. The first-order valence-electron chi connectivity index (χ1n) is 7.94. The Hall–Kier alpha value is -2.79. The van der Waals surface area contributed by atoms with E-state index in [4.69, 9.17) is 4.42 Å². The molecule has 3 heterocycles. The number of pyridine rings is 2. The van der Waals surface area contributed by atoms with Crippen molar-refractivity contribution in [1.82, 2.24) is 9.55 Å². The Morgan fingerprint density at radius 2 is 1.84 bits per heavy atom. The molecule has 4 aromatic rings. The third kappa shape index (κ3) is 2.87. The maximum Gasteiger partial charge on any atom is 0.192 e. The van der Waals surface area contributed by atoms with E-state index >= 15 is 0 Å². The zero-order chi connectivity index (χ0) is 17.4. The summed E-state index contributed by atoms with van der Waals surface area (Å²) in [6.45, 7) is 3.84. The topological polar surface area (TPSA) is 48.0 Å². The lowest BCUT2D eigenvalue weighted by molar-refractivity contribution is 0.527. The van der Waals surface area contributed by atoms with Crippen LogP contribution in [0.5, 0.6) is 0 Å². The second kappa shape index (κ2) is 6.26. The molecule has 0 radical (unpaired) electrons. The molecule has 4 rings (SSSR count). The zero-order valence-electron chi connectivity index (χ0n) is 13.9. The van der Waals surface area contributed by atoms with E-state index in [1.54, 1.807) is 12.3 Å². The molecular formula is C20H16N2O2S. The second-order valence-electron chi connectivity index (χ2n) is 5.78. The van der Waals surface area contributed by atoms with Gasteiger partial charge in [-0.3, -0.25) is 9.36 Å². The van der Waals surface area contributed by atoms with Crippen molar-refractivity contribution in [3.8, 4) is 5.69 Å². The van der Waals surface area contributed by atoms with Gasteiger partial charge in [-0.1, -0.05) is 30.0 Å². The van der Waals surface area contributed by atoms with Gasteiger partial charge in [0.1, 0.15) is 11.4 Å². The van der Waals surface area contributed by atoms with Crippen LogP contribution in [0.15, 0.2) is 80.0 Å². The molecule has 0 atom stereocenters. The lowest BCUT2D eigenvalue weighted by atomic mass is 10.2. The number of rotatable bonds is 3. The highest BCUT2D eigenvalue weighted by atomic mass is 32.2. The van der Waals surface area contributed by atoms with Crippen molar-refractivity contribution in [2.45, 2.75) is 23.8 Å². The van der Waals surface area contributed by atoms with Crippen molar-refractivity contribution in [2.24, 2.45) is 0 Å². The van der Waals surface area contributed by atoms with Crippen molar-refractivity contribution in [3.63, 3.8) is 0 Å². The van der Waals surface area contributed by atoms with Gasteiger partial charge in [-0.05, 0) is 44.2 Å². The first-order chi connectivity index (χ1) is 12.1. The number of aromatic nitrogens is 2. The predicted molar refractivity (Wildman–Crippen MR) is 99.6 cm³/mol. The Morgan fingerprint density at radius 3 is 2.56 bits per heavy atom. The summed E-state index contributed by atoms with van der Waals surface area (Å²) in [6.07, 6.45) is 1.66.